The number of hydrogen-bond donors (Lipinski definition) is 4. The summed E-state index contributed by atoms with van der Waals surface area (Å²) >= 11 is 0. The molecule has 2 atom stereocenters. The molecule has 0 aliphatic heterocycles. The Morgan fingerprint density at radius 1 is 1.18 bits per heavy atom. The second kappa shape index (κ2) is 12.3. The van der Waals surface area contributed by atoms with Gasteiger partial charge in [0.1, 0.15) is 0 Å². The Kier molecular flexibility index (Phi) is 10.7. The molecule has 0 aromatic heterocycles. The Balaban J connectivity index is 2.79. The van der Waals surface area contributed by atoms with Gasteiger partial charge >= 0.3 is 13.8 Å². The van der Waals surface area contributed by atoms with Crippen molar-refractivity contribution in [3.8, 4) is 0 Å². The lowest BCUT2D eigenvalue weighted by molar-refractivity contribution is -0.143. The monoisotopic (exact) mass is 481 g/mol. The molecule has 0 heterocycles. The fourth-order valence-corrected chi connectivity index (χ4v) is 4.29. The first kappa shape index (κ1) is 28.8. The number of aliphatic carboxylic acids is 1. The average Bonchev–Trinajstić information content (AvgIpc) is 2.63. The van der Waals surface area contributed by atoms with Crippen molar-refractivity contribution in [2.45, 2.75) is 73.0 Å². The van der Waals surface area contributed by atoms with Gasteiger partial charge in [-0.1, -0.05) is 55.4 Å². The molecule has 184 valence electrons. The number of allylic oxidation sites excluding steroid dienone is 9. The molecule has 8 nitrogen and oxygen atoms in total. The van der Waals surface area contributed by atoms with Crippen molar-refractivity contribution in [3.63, 3.8) is 0 Å². The van der Waals surface area contributed by atoms with Crippen LogP contribution in [-0.4, -0.2) is 38.9 Å². The third kappa shape index (κ3) is 10.5. The summed E-state index contributed by atoms with van der Waals surface area (Å²) in [6.45, 7) is 11.5. The quantitative estimate of drug-likeness (QED) is 0.204. The number of carbonyl (C=O) groups is 2. The maximum atomic E-state index is 12.1. The van der Waals surface area contributed by atoms with Gasteiger partial charge in [0.2, 0.25) is 5.91 Å². The first-order chi connectivity index (χ1) is 15.1. The molecule has 33 heavy (non-hydrogen) atoms. The minimum absolute atomic E-state index is 0.170. The van der Waals surface area contributed by atoms with Gasteiger partial charge < -0.3 is 20.2 Å². The van der Waals surface area contributed by atoms with Gasteiger partial charge in [0.05, 0.1) is 6.10 Å². The van der Waals surface area contributed by atoms with E-state index in [1.165, 1.54) is 30.1 Å². The van der Waals surface area contributed by atoms with E-state index in [0.29, 0.717) is 5.57 Å². The van der Waals surface area contributed by atoms with Gasteiger partial charge in [-0.3, -0.25) is 9.32 Å². The third-order valence-corrected chi connectivity index (χ3v) is 6.08. The van der Waals surface area contributed by atoms with E-state index in [1.807, 2.05) is 13.0 Å². The van der Waals surface area contributed by atoms with Gasteiger partial charge in [-0.25, -0.2) is 9.36 Å². The van der Waals surface area contributed by atoms with E-state index >= 15 is 0 Å². The fourth-order valence-electron chi connectivity index (χ4n) is 3.74. The summed E-state index contributed by atoms with van der Waals surface area (Å²) < 4.78 is 15.3. The fraction of sp³-hybridized carbons (Fsp3) is 0.500. The SMILES string of the molecule is CC1=C(/C=C/C(C)=C/C=C/C(C)=C/C(=O)NC(C(=O)O)C(C)OP(=O)(O)O)C(C)(C)CCC1. The Morgan fingerprint density at radius 3 is 2.36 bits per heavy atom. The van der Waals surface area contributed by atoms with Gasteiger partial charge in [0.15, 0.2) is 6.04 Å². The third-order valence-electron chi connectivity index (χ3n) is 5.47. The van der Waals surface area contributed by atoms with Gasteiger partial charge in [-0.15, -0.1) is 0 Å². The molecule has 0 fully saturated rings. The molecule has 1 rings (SSSR count). The van der Waals surface area contributed by atoms with E-state index in [-0.39, 0.29) is 5.41 Å². The molecular formula is C24H36NO7P. The van der Waals surface area contributed by atoms with Crippen LogP contribution in [0.3, 0.4) is 0 Å². The van der Waals surface area contributed by atoms with Crippen molar-refractivity contribution >= 4 is 19.7 Å². The number of rotatable bonds is 10. The highest BCUT2D eigenvalue weighted by Crippen LogP contribution is 2.41. The highest BCUT2D eigenvalue weighted by molar-refractivity contribution is 7.46. The van der Waals surface area contributed by atoms with Crippen molar-refractivity contribution in [2.24, 2.45) is 5.41 Å². The molecule has 0 aromatic rings. The molecule has 1 amide bonds. The minimum Gasteiger partial charge on any atom is -0.480 e. The van der Waals surface area contributed by atoms with Crippen LogP contribution in [0.4, 0.5) is 0 Å². The van der Waals surface area contributed by atoms with Crippen molar-refractivity contribution in [3.05, 3.63) is 58.7 Å². The zero-order chi connectivity index (χ0) is 25.4. The molecule has 4 N–H and O–H groups in total. The lowest BCUT2D eigenvalue weighted by atomic mass is 9.72. The standard InChI is InChI=1S/C24H36NO7P/c1-16(12-13-20-18(3)11-8-14-24(20,5)6)9-7-10-17(2)15-21(26)25-22(23(27)28)19(4)32-33(29,30)31/h7,9-10,12-13,15,19,22H,8,11,14H2,1-6H3,(H,25,26)(H,27,28)(H2,29,30,31)/b10-7+,13-12+,16-9+,17-15+. The van der Waals surface area contributed by atoms with Crippen LogP contribution in [0, 0.1) is 5.41 Å². The van der Waals surface area contributed by atoms with E-state index in [9.17, 15) is 19.3 Å². The van der Waals surface area contributed by atoms with Crippen LogP contribution in [0.5, 0.6) is 0 Å². The van der Waals surface area contributed by atoms with Crippen LogP contribution in [0.2, 0.25) is 0 Å². The molecule has 0 spiro atoms. The van der Waals surface area contributed by atoms with Crippen molar-refractivity contribution in [2.75, 3.05) is 0 Å². The van der Waals surface area contributed by atoms with Crippen LogP contribution in [0.15, 0.2) is 58.7 Å². The molecule has 0 aromatic carbocycles. The summed E-state index contributed by atoms with van der Waals surface area (Å²) in [7, 11) is -4.89. The first-order valence-electron chi connectivity index (χ1n) is 10.8. The molecule has 0 bridgehead atoms. The maximum Gasteiger partial charge on any atom is 0.469 e. The highest BCUT2D eigenvalue weighted by atomic mass is 31.2. The molecule has 0 saturated carbocycles. The Morgan fingerprint density at radius 2 is 1.82 bits per heavy atom. The van der Waals surface area contributed by atoms with Crippen LogP contribution < -0.4 is 5.32 Å². The van der Waals surface area contributed by atoms with Gasteiger partial charge in [-0.2, -0.15) is 0 Å². The highest BCUT2D eigenvalue weighted by Gasteiger charge is 2.32. The average molecular weight is 482 g/mol. The van der Waals surface area contributed by atoms with Crippen LogP contribution in [0.25, 0.3) is 0 Å². The molecule has 1 aliphatic rings. The zero-order valence-corrected chi connectivity index (χ0v) is 21.1. The minimum atomic E-state index is -4.89. The summed E-state index contributed by atoms with van der Waals surface area (Å²) in [4.78, 5) is 41.2. The molecule has 0 saturated heterocycles. The van der Waals surface area contributed by atoms with E-state index in [0.717, 1.165) is 18.9 Å². The number of amides is 1. The van der Waals surface area contributed by atoms with Gasteiger partial charge in [-0.05, 0) is 63.5 Å². The Hall–Kier alpha value is -2.25. The van der Waals surface area contributed by atoms with Crippen molar-refractivity contribution in [1.82, 2.24) is 5.32 Å². The zero-order valence-electron chi connectivity index (χ0n) is 20.2. The molecule has 0 radical (unpaired) electrons. The predicted molar refractivity (Wildman–Crippen MR) is 128 cm³/mol. The van der Waals surface area contributed by atoms with Crippen LogP contribution >= 0.6 is 7.82 Å². The number of nitrogens with one attached hydrogen (secondary N) is 1. The lowest BCUT2D eigenvalue weighted by Gasteiger charge is -2.32. The number of carboxylic acid groups (broad SMARTS) is 1. The summed E-state index contributed by atoms with van der Waals surface area (Å²) in [5.74, 6) is -2.18. The summed E-state index contributed by atoms with van der Waals surface area (Å²) in [6.07, 6.45) is 13.0. The molecular weight excluding hydrogens is 445 g/mol. The largest absolute Gasteiger partial charge is 0.480 e. The topological polar surface area (TPSA) is 133 Å². The summed E-state index contributed by atoms with van der Waals surface area (Å²) in [5.41, 5.74) is 4.59. The van der Waals surface area contributed by atoms with Crippen molar-refractivity contribution in [1.29, 1.82) is 0 Å². The van der Waals surface area contributed by atoms with Crippen LogP contribution in [0.1, 0.15) is 60.8 Å². The summed E-state index contributed by atoms with van der Waals surface area (Å²) in [6, 6.07) is -1.62. The number of carbonyl (C=O) groups excluding carboxylic acids is 1. The predicted octanol–water partition coefficient (Wildman–Crippen LogP) is 4.59. The second-order valence-electron chi connectivity index (χ2n) is 9.05. The smallest absolute Gasteiger partial charge is 0.469 e. The molecule has 2 unspecified atom stereocenters. The molecule has 1 aliphatic carbocycles. The number of hydrogen-bond acceptors (Lipinski definition) is 4. The normalized spacial score (nSPS) is 19.8. The van der Waals surface area contributed by atoms with E-state index in [2.05, 4.69) is 42.8 Å². The van der Waals surface area contributed by atoms with E-state index in [1.54, 1.807) is 19.1 Å². The maximum absolute atomic E-state index is 12.1. The second-order valence-corrected chi connectivity index (χ2v) is 10.2. The number of phosphoric ester groups is 1. The summed E-state index contributed by atoms with van der Waals surface area (Å²) in [5, 5.41) is 11.4. The number of phosphoric acid groups is 1. The lowest BCUT2D eigenvalue weighted by Crippen LogP contribution is -2.47. The molecule has 9 heteroatoms. The Bertz CT molecular complexity index is 934. The van der Waals surface area contributed by atoms with Gasteiger partial charge in [0.25, 0.3) is 0 Å². The van der Waals surface area contributed by atoms with E-state index in [4.69, 9.17) is 9.79 Å². The van der Waals surface area contributed by atoms with Crippen molar-refractivity contribution < 1.29 is 33.6 Å². The number of carboxylic acids is 1. The van der Waals surface area contributed by atoms with Crippen LogP contribution in [-0.2, 0) is 18.7 Å². The van der Waals surface area contributed by atoms with Gasteiger partial charge in [0, 0.05) is 6.08 Å². The van der Waals surface area contributed by atoms with E-state index < -0.39 is 31.8 Å². The first-order valence-corrected chi connectivity index (χ1v) is 12.3. The Labute approximate surface area is 196 Å².